The number of nitrogens with zero attached hydrogens (tertiary/aromatic N) is 2. The Kier molecular flexibility index (Phi) is 6.49. The van der Waals surface area contributed by atoms with E-state index in [-0.39, 0.29) is 29.5 Å². The van der Waals surface area contributed by atoms with E-state index in [0.717, 1.165) is 22.6 Å². The van der Waals surface area contributed by atoms with Crippen molar-refractivity contribution in [3.63, 3.8) is 0 Å². The third-order valence-electron chi connectivity index (χ3n) is 4.69. The van der Waals surface area contributed by atoms with Crippen LogP contribution in [0.25, 0.3) is 5.69 Å². The van der Waals surface area contributed by atoms with Gasteiger partial charge in [-0.3, -0.25) is 4.79 Å². The van der Waals surface area contributed by atoms with Gasteiger partial charge in [0.1, 0.15) is 0 Å². The summed E-state index contributed by atoms with van der Waals surface area (Å²) >= 11 is 0. The van der Waals surface area contributed by atoms with Gasteiger partial charge in [-0.05, 0) is 44.2 Å². The van der Waals surface area contributed by atoms with Gasteiger partial charge in [0.2, 0.25) is 10.0 Å². The molecule has 0 aliphatic carbocycles. The van der Waals surface area contributed by atoms with Gasteiger partial charge in [-0.2, -0.15) is 5.10 Å². The Hall–Kier alpha value is -3.23. The molecule has 2 aromatic carbocycles. The Balaban J connectivity index is 1.76. The number of rotatable bonds is 8. The number of aryl methyl sites for hydroxylation is 1. The van der Waals surface area contributed by atoms with Crippen molar-refractivity contribution in [3.05, 3.63) is 89.8 Å². The molecule has 0 aliphatic rings. The number of carbonyl (C=O) groups is 1. The highest BCUT2D eigenvalue weighted by atomic mass is 32.2. The van der Waals surface area contributed by atoms with E-state index >= 15 is 0 Å². The first-order valence-corrected chi connectivity index (χ1v) is 10.9. The van der Waals surface area contributed by atoms with E-state index in [2.05, 4.69) is 21.7 Å². The highest BCUT2D eigenvalue weighted by Crippen LogP contribution is 2.18. The van der Waals surface area contributed by atoms with Crippen molar-refractivity contribution in [2.24, 2.45) is 0 Å². The number of carbonyl (C=O) groups excluding carboxylic acids is 1. The van der Waals surface area contributed by atoms with Gasteiger partial charge in [-0.1, -0.05) is 30.3 Å². The van der Waals surface area contributed by atoms with E-state index in [1.54, 1.807) is 12.1 Å². The highest BCUT2D eigenvalue weighted by Gasteiger charge is 2.17. The smallest absolute Gasteiger partial charge is 0.251 e. The summed E-state index contributed by atoms with van der Waals surface area (Å²) in [5.74, 6) is -0.359. The van der Waals surface area contributed by atoms with Gasteiger partial charge in [-0.25, -0.2) is 17.8 Å². The predicted octanol–water partition coefficient (Wildman–Crippen LogP) is 2.88. The minimum atomic E-state index is -3.70. The third-order valence-corrected chi connectivity index (χ3v) is 6.11. The van der Waals surface area contributed by atoms with Gasteiger partial charge in [0.15, 0.2) is 0 Å². The van der Waals surface area contributed by atoms with Crippen molar-refractivity contribution >= 4 is 15.9 Å². The van der Waals surface area contributed by atoms with Gasteiger partial charge in [0.25, 0.3) is 5.91 Å². The maximum atomic E-state index is 12.6. The first kappa shape index (κ1) is 21.5. The average Bonchev–Trinajstić information content (AvgIpc) is 3.04. The normalized spacial score (nSPS) is 11.3. The summed E-state index contributed by atoms with van der Waals surface area (Å²) in [6.45, 7) is 7.74. The molecular weight excluding hydrogens is 400 g/mol. The Morgan fingerprint density at radius 2 is 1.87 bits per heavy atom. The lowest BCUT2D eigenvalue weighted by atomic mass is 10.1. The van der Waals surface area contributed by atoms with Crippen molar-refractivity contribution in [2.75, 3.05) is 6.54 Å². The molecule has 1 amide bonds. The summed E-state index contributed by atoms with van der Waals surface area (Å²) in [6, 6.07) is 15.7. The summed E-state index contributed by atoms with van der Waals surface area (Å²) in [6.07, 6.45) is 1.45. The number of sulfonamides is 1. The van der Waals surface area contributed by atoms with E-state index < -0.39 is 10.0 Å². The summed E-state index contributed by atoms with van der Waals surface area (Å²) in [5, 5.41) is 7.44. The van der Waals surface area contributed by atoms with Gasteiger partial charge < -0.3 is 5.32 Å². The van der Waals surface area contributed by atoms with E-state index in [0.29, 0.717) is 0 Å². The number of hydrogen-bond donors (Lipinski definition) is 2. The summed E-state index contributed by atoms with van der Waals surface area (Å²) < 4.78 is 28.8. The zero-order chi connectivity index (χ0) is 21.7. The SMILES string of the molecule is C=CCNS(=O)(=O)c1cccc(C(=O)NCc2c(C)nn(-c3ccccc3)c2C)c1. The number of amides is 1. The maximum Gasteiger partial charge on any atom is 0.251 e. The lowest BCUT2D eigenvalue weighted by Gasteiger charge is -2.09. The molecule has 3 rings (SSSR count). The average molecular weight is 425 g/mol. The van der Waals surface area contributed by atoms with Crippen LogP contribution < -0.4 is 10.0 Å². The topological polar surface area (TPSA) is 93.1 Å². The second kappa shape index (κ2) is 9.06. The van der Waals surface area contributed by atoms with Crippen LogP contribution in [0, 0.1) is 13.8 Å². The fourth-order valence-corrected chi connectivity index (χ4v) is 4.12. The number of benzene rings is 2. The van der Waals surface area contributed by atoms with Crippen molar-refractivity contribution in [1.82, 2.24) is 19.8 Å². The molecule has 3 aromatic rings. The largest absolute Gasteiger partial charge is 0.348 e. The molecule has 30 heavy (non-hydrogen) atoms. The number of hydrogen-bond acceptors (Lipinski definition) is 4. The molecule has 0 bridgehead atoms. The van der Waals surface area contributed by atoms with Gasteiger partial charge in [0, 0.05) is 29.9 Å². The third kappa shape index (κ3) is 4.67. The Bertz CT molecular complexity index is 1170. The van der Waals surface area contributed by atoms with Crippen molar-refractivity contribution in [1.29, 1.82) is 0 Å². The Labute approximate surface area is 176 Å². The molecule has 8 heteroatoms. The molecule has 1 heterocycles. The first-order valence-electron chi connectivity index (χ1n) is 9.43. The monoisotopic (exact) mass is 424 g/mol. The zero-order valence-corrected chi connectivity index (χ0v) is 17.7. The van der Waals surface area contributed by atoms with Crippen LogP contribution in [0.4, 0.5) is 0 Å². The lowest BCUT2D eigenvalue weighted by molar-refractivity contribution is 0.0950. The molecule has 0 saturated carbocycles. The zero-order valence-electron chi connectivity index (χ0n) is 16.9. The first-order chi connectivity index (χ1) is 14.3. The van der Waals surface area contributed by atoms with Crippen LogP contribution in [0.15, 0.2) is 72.1 Å². The lowest BCUT2D eigenvalue weighted by Crippen LogP contribution is -2.26. The molecule has 0 saturated heterocycles. The van der Waals surface area contributed by atoms with Crippen molar-refractivity contribution in [3.8, 4) is 5.69 Å². The molecular formula is C22H24N4O3S. The molecule has 2 N–H and O–H groups in total. The van der Waals surface area contributed by atoms with Crippen LogP contribution in [0.2, 0.25) is 0 Å². The fourth-order valence-electron chi connectivity index (χ4n) is 3.08. The minimum Gasteiger partial charge on any atom is -0.348 e. The van der Waals surface area contributed by atoms with Crippen LogP contribution >= 0.6 is 0 Å². The van der Waals surface area contributed by atoms with E-state index in [1.165, 1.54) is 18.2 Å². The number of para-hydroxylation sites is 1. The number of aromatic nitrogens is 2. The van der Waals surface area contributed by atoms with Crippen molar-refractivity contribution < 1.29 is 13.2 Å². The number of nitrogens with one attached hydrogen (secondary N) is 2. The second-order valence-corrected chi connectivity index (χ2v) is 8.51. The van der Waals surface area contributed by atoms with Gasteiger partial charge >= 0.3 is 0 Å². The maximum absolute atomic E-state index is 12.6. The molecule has 0 fully saturated rings. The molecule has 0 unspecified atom stereocenters. The Morgan fingerprint density at radius 1 is 1.13 bits per heavy atom. The van der Waals surface area contributed by atoms with E-state index in [4.69, 9.17) is 0 Å². The van der Waals surface area contributed by atoms with E-state index in [9.17, 15) is 13.2 Å². The molecule has 7 nitrogen and oxygen atoms in total. The van der Waals surface area contributed by atoms with Crippen LogP contribution in [-0.4, -0.2) is 30.7 Å². The Morgan fingerprint density at radius 3 is 2.57 bits per heavy atom. The standard InChI is InChI=1S/C22H24N4O3S/c1-4-13-24-30(28,29)20-12-8-9-18(14-20)22(27)23-15-21-16(2)25-26(17(21)3)19-10-6-5-7-11-19/h4-12,14,24H,1,13,15H2,2-3H3,(H,23,27). The summed E-state index contributed by atoms with van der Waals surface area (Å²) in [5.41, 5.74) is 3.89. The molecule has 1 aromatic heterocycles. The van der Waals surface area contributed by atoms with Crippen LogP contribution in [0.5, 0.6) is 0 Å². The van der Waals surface area contributed by atoms with Crippen LogP contribution in [-0.2, 0) is 16.6 Å². The van der Waals surface area contributed by atoms with E-state index in [1.807, 2.05) is 48.9 Å². The molecule has 0 atom stereocenters. The molecule has 0 spiro atoms. The fraction of sp³-hybridized carbons (Fsp3) is 0.182. The summed E-state index contributed by atoms with van der Waals surface area (Å²) in [7, 11) is -3.70. The minimum absolute atomic E-state index is 0.0289. The van der Waals surface area contributed by atoms with Crippen LogP contribution in [0.3, 0.4) is 0 Å². The van der Waals surface area contributed by atoms with Gasteiger partial charge in [0.05, 0.1) is 16.3 Å². The van der Waals surface area contributed by atoms with Crippen molar-refractivity contribution in [2.45, 2.75) is 25.3 Å². The summed E-state index contributed by atoms with van der Waals surface area (Å²) in [4.78, 5) is 12.7. The van der Waals surface area contributed by atoms with Crippen LogP contribution in [0.1, 0.15) is 27.3 Å². The molecule has 0 radical (unpaired) electrons. The predicted molar refractivity (Wildman–Crippen MR) is 116 cm³/mol. The quantitative estimate of drug-likeness (QED) is 0.544. The molecule has 156 valence electrons. The highest BCUT2D eigenvalue weighted by molar-refractivity contribution is 7.89. The molecule has 0 aliphatic heterocycles. The van der Waals surface area contributed by atoms with Gasteiger partial charge in [-0.15, -0.1) is 6.58 Å². The second-order valence-electron chi connectivity index (χ2n) is 6.75.